The van der Waals surface area contributed by atoms with Crippen LogP contribution in [0.4, 0.5) is 5.69 Å². The van der Waals surface area contributed by atoms with E-state index in [-0.39, 0.29) is 0 Å². The Hall–Kier alpha value is -13.8. The lowest BCUT2D eigenvalue weighted by molar-refractivity contribution is 1.07. The predicted molar refractivity (Wildman–Crippen MR) is 399 cm³/mol. The van der Waals surface area contributed by atoms with Crippen molar-refractivity contribution in [2.45, 2.75) is 0 Å². The second kappa shape index (κ2) is 24.6. The molecule has 0 aliphatic heterocycles. The van der Waals surface area contributed by atoms with Gasteiger partial charge in [-0.05, 0) is 176 Å². The van der Waals surface area contributed by atoms with Crippen LogP contribution in [-0.4, -0.2) is 24.1 Å². The smallest absolute Gasteiger partial charge is 0.187 e. The molecule has 0 radical (unpaired) electrons. The monoisotopic (exact) mass is 1250 g/mol. The molecule has 0 spiro atoms. The van der Waals surface area contributed by atoms with Crippen LogP contribution in [0.25, 0.3) is 172 Å². The van der Waals surface area contributed by atoms with Crippen molar-refractivity contribution in [3.05, 3.63) is 350 Å². The van der Waals surface area contributed by atoms with Crippen LogP contribution in [0, 0.1) is 29.2 Å². The molecule has 0 saturated carbocycles. The first-order chi connectivity index (χ1) is 48.4. The zero-order valence-electron chi connectivity index (χ0n) is 52.8. The van der Waals surface area contributed by atoms with Crippen molar-refractivity contribution in [3.63, 3.8) is 0 Å². The summed E-state index contributed by atoms with van der Waals surface area (Å²) in [7, 11) is 0. The maximum Gasteiger partial charge on any atom is 0.187 e. The summed E-state index contributed by atoms with van der Waals surface area (Å²) in [5.74, 6) is 1.35. The van der Waals surface area contributed by atoms with E-state index < -0.39 is 0 Å². The van der Waals surface area contributed by atoms with Gasteiger partial charge in [0.15, 0.2) is 23.2 Å². The lowest BCUT2D eigenvalue weighted by Gasteiger charge is -2.18. The summed E-state index contributed by atoms with van der Waals surface area (Å²) in [6, 6.07) is 118. The van der Waals surface area contributed by atoms with Crippen molar-refractivity contribution in [2.24, 2.45) is 0 Å². The number of nitrogens with zero attached hydrogens (tertiary/aromatic N) is 8. The number of benzene rings is 14. The fourth-order valence-corrected chi connectivity index (χ4v) is 13.9. The summed E-state index contributed by atoms with van der Waals surface area (Å²) in [4.78, 5) is 20.2. The van der Waals surface area contributed by atoms with Gasteiger partial charge in [-0.25, -0.2) is 19.8 Å². The van der Waals surface area contributed by atoms with Crippen molar-refractivity contribution in [3.8, 4) is 136 Å². The van der Waals surface area contributed by atoms with Crippen LogP contribution in [0.2, 0.25) is 0 Å². The van der Waals surface area contributed by atoms with Crippen LogP contribution < -0.4 is 0 Å². The Bertz CT molecular complexity index is 5580. The van der Waals surface area contributed by atoms with E-state index in [2.05, 4.69) is 238 Å². The second-order valence-electron chi connectivity index (χ2n) is 24.4. The zero-order valence-corrected chi connectivity index (χ0v) is 52.8. The van der Waals surface area contributed by atoms with Gasteiger partial charge in [0.25, 0.3) is 0 Å². The van der Waals surface area contributed by atoms with Crippen molar-refractivity contribution >= 4 is 49.3 Å². The summed E-state index contributed by atoms with van der Waals surface area (Å²) >= 11 is 0. The van der Waals surface area contributed by atoms with Crippen LogP contribution in [0.15, 0.2) is 328 Å². The highest BCUT2D eigenvalue weighted by Crippen LogP contribution is 2.45. The highest BCUT2D eigenvalue weighted by molar-refractivity contribution is 6.14. The molecule has 0 N–H and O–H groups in total. The highest BCUT2D eigenvalue weighted by Gasteiger charge is 2.24. The predicted octanol–water partition coefficient (Wildman–Crippen LogP) is 23.0. The normalized spacial score (nSPS) is 11.2. The number of nitriles is 2. The minimum atomic E-state index is 0.446. The third kappa shape index (κ3) is 10.5. The van der Waals surface area contributed by atoms with Gasteiger partial charge in [0.05, 0.1) is 63.3 Å². The van der Waals surface area contributed by atoms with E-state index >= 15 is 0 Å². The first-order valence-corrected chi connectivity index (χ1v) is 32.4. The summed E-state index contributed by atoms with van der Waals surface area (Å²) in [6.07, 6.45) is 0. The summed E-state index contributed by atoms with van der Waals surface area (Å²) < 4.78 is 4.72. The molecule has 0 saturated heterocycles. The van der Waals surface area contributed by atoms with Crippen LogP contribution in [0.3, 0.4) is 0 Å². The maximum absolute atomic E-state index is 10.1. The Balaban J connectivity index is 0.892. The number of hydrogen-bond donors (Lipinski definition) is 0. The van der Waals surface area contributed by atoms with E-state index in [1.165, 1.54) is 0 Å². The largest absolute Gasteiger partial charge is 0.309 e. The van der Waals surface area contributed by atoms with Gasteiger partial charge in [-0.2, -0.15) is 10.5 Å². The third-order valence-electron chi connectivity index (χ3n) is 18.7. The van der Waals surface area contributed by atoms with Gasteiger partial charge in [0.2, 0.25) is 0 Å². The molecule has 3 heterocycles. The van der Waals surface area contributed by atoms with Gasteiger partial charge >= 0.3 is 0 Å². The Kier molecular flexibility index (Phi) is 14.5. The van der Waals surface area contributed by atoms with Gasteiger partial charge < -0.3 is 9.13 Å². The van der Waals surface area contributed by atoms with E-state index in [0.29, 0.717) is 34.3 Å². The van der Waals surface area contributed by atoms with Crippen LogP contribution in [0.5, 0.6) is 0 Å². The summed E-state index contributed by atoms with van der Waals surface area (Å²) in [5, 5.41) is 24.7. The fraction of sp³-hybridized carbons (Fsp3) is 0. The molecular formula is C90H54N8. The van der Waals surface area contributed by atoms with Crippen molar-refractivity contribution < 1.29 is 0 Å². The molecule has 3 aromatic heterocycles. The number of hydrogen-bond acceptors (Lipinski definition) is 5. The van der Waals surface area contributed by atoms with E-state index in [1.807, 2.05) is 115 Å². The maximum atomic E-state index is 10.1. The number of aromatic nitrogens is 5. The Morgan fingerprint density at radius 1 is 0.255 bits per heavy atom. The third-order valence-corrected chi connectivity index (χ3v) is 18.7. The Morgan fingerprint density at radius 2 is 0.551 bits per heavy atom. The van der Waals surface area contributed by atoms with Crippen molar-refractivity contribution in [1.82, 2.24) is 24.1 Å². The van der Waals surface area contributed by atoms with Crippen LogP contribution in [-0.2, 0) is 0 Å². The zero-order chi connectivity index (χ0) is 65.6. The molecule has 8 nitrogen and oxygen atoms in total. The standard InChI is InChI=1S/C90H54N8/c1-93-73-42-34-64(35-43-73)74-24-14-15-25-75(74)90-95-88(71-40-48-82(76(54-71)65-30-26-58(56-91)27-31-65)97-84-44-36-67(60-16-6-2-7-17-60)50-78(84)79-51-68(37-45-85(79)97)61-18-8-3-9-19-61)94-89(96-90)72-41-49-83(77(55-72)66-32-28-59(57-92)29-33-66)98-86-46-38-69(62-20-10-4-11-21-62)52-80(86)81-53-70(39-47-87(81)98)63-22-12-5-13-23-63/h2-55H. The minimum absolute atomic E-state index is 0.446. The molecule has 14 aromatic carbocycles. The van der Waals surface area contributed by atoms with Gasteiger partial charge in [-0.3, -0.25) is 0 Å². The molecule has 0 unspecified atom stereocenters. The topological polar surface area (TPSA) is 100 Å². The summed E-state index contributed by atoms with van der Waals surface area (Å²) in [6.45, 7) is 7.75. The molecule has 98 heavy (non-hydrogen) atoms. The Labute approximate surface area is 566 Å². The van der Waals surface area contributed by atoms with Crippen LogP contribution >= 0.6 is 0 Å². The molecule has 17 rings (SSSR count). The highest BCUT2D eigenvalue weighted by atomic mass is 15.0. The molecule has 0 atom stereocenters. The molecule has 0 aliphatic rings. The molecule has 8 heteroatoms. The molecule has 454 valence electrons. The Morgan fingerprint density at radius 3 is 0.898 bits per heavy atom. The number of rotatable bonds is 12. The first-order valence-electron chi connectivity index (χ1n) is 32.4. The van der Waals surface area contributed by atoms with E-state index in [9.17, 15) is 10.5 Å². The van der Waals surface area contributed by atoms with E-state index in [1.54, 1.807) is 0 Å². The number of fused-ring (bicyclic) bond motifs is 6. The first kappa shape index (κ1) is 58.0. The average molecular weight is 1250 g/mol. The van der Waals surface area contributed by atoms with E-state index in [4.69, 9.17) is 21.5 Å². The SMILES string of the molecule is [C-]#[N+]c1ccc(-c2ccccc2-c2nc(-c3ccc(-n4c5ccc(-c6ccccc6)cc5c5cc(-c6ccccc6)ccc54)c(-c4ccc(C#N)cc4)c3)nc(-c3ccc(-n4c5ccc(-c6ccccc6)cc5c5cc(-c6ccccc6)ccc54)c(-c4ccc(C#N)cc4)c3)n2)cc1. The lowest BCUT2D eigenvalue weighted by atomic mass is 9.97. The summed E-state index contributed by atoms with van der Waals surface area (Å²) in [5.41, 5.74) is 24.4. The molecule has 17 aromatic rings. The van der Waals surface area contributed by atoms with Gasteiger partial charge in [0.1, 0.15) is 0 Å². The second-order valence-corrected chi connectivity index (χ2v) is 24.4. The molecule has 0 bridgehead atoms. The fourth-order valence-electron chi connectivity index (χ4n) is 13.9. The molecule has 0 fully saturated rings. The van der Waals surface area contributed by atoms with Gasteiger partial charge in [-0.15, -0.1) is 0 Å². The van der Waals surface area contributed by atoms with Crippen molar-refractivity contribution in [2.75, 3.05) is 0 Å². The van der Waals surface area contributed by atoms with E-state index in [0.717, 1.165) is 150 Å². The quantitative estimate of drug-likeness (QED) is 0.113. The molecule has 0 amide bonds. The molecule has 0 aliphatic carbocycles. The lowest BCUT2D eigenvalue weighted by Crippen LogP contribution is -2.03. The van der Waals surface area contributed by atoms with Crippen LogP contribution in [0.1, 0.15) is 11.1 Å². The molecular weight excluding hydrogens is 1190 g/mol. The van der Waals surface area contributed by atoms with Gasteiger partial charge in [-0.1, -0.05) is 218 Å². The minimum Gasteiger partial charge on any atom is -0.309 e. The van der Waals surface area contributed by atoms with Crippen molar-refractivity contribution in [1.29, 1.82) is 10.5 Å². The van der Waals surface area contributed by atoms with Gasteiger partial charge in [0, 0.05) is 49.4 Å². The average Bonchev–Trinajstić information content (AvgIpc) is 1.56.